The number of rotatable bonds is 8. The first-order valence-electron chi connectivity index (χ1n) is 11.8. The van der Waals surface area contributed by atoms with Crippen LogP contribution in [0.25, 0.3) is 10.8 Å². The van der Waals surface area contributed by atoms with Crippen LogP contribution >= 0.6 is 0 Å². The van der Waals surface area contributed by atoms with Gasteiger partial charge in [0.05, 0.1) is 13.2 Å². The van der Waals surface area contributed by atoms with Crippen LogP contribution in [0.5, 0.6) is 5.75 Å². The third-order valence-electron chi connectivity index (χ3n) is 6.34. The SMILES string of the molecule is CCC1COC(CCc2ccc3c(F)c(CCc4cc(F)c(OC(F)(F)F)c(F)c4)ccc3c2)OC1. The van der Waals surface area contributed by atoms with Crippen molar-refractivity contribution in [3.8, 4) is 5.75 Å². The molecule has 0 saturated carbocycles. The molecule has 9 heteroatoms. The highest BCUT2D eigenvalue weighted by Crippen LogP contribution is 2.30. The first-order valence-corrected chi connectivity index (χ1v) is 11.8. The number of aryl methyl sites for hydroxylation is 3. The Bertz CT molecular complexity index is 1180. The third kappa shape index (κ3) is 6.50. The van der Waals surface area contributed by atoms with E-state index in [2.05, 4.69) is 11.7 Å². The van der Waals surface area contributed by atoms with E-state index in [4.69, 9.17) is 9.47 Å². The standard InChI is InChI=1S/C27H26F6O3/c1-2-16-14-34-24(35-15-16)10-5-17-4-9-21-20(11-17)8-7-19(25(21)30)6-3-18-12-22(28)26(23(29)13-18)36-27(31,32)33/h4,7-9,11-13,16,24H,2-3,5-6,10,14-15H2,1H3. The zero-order valence-electron chi connectivity index (χ0n) is 19.6. The summed E-state index contributed by atoms with van der Waals surface area (Å²) in [5.41, 5.74) is 1.44. The second-order valence-electron chi connectivity index (χ2n) is 8.94. The van der Waals surface area contributed by atoms with E-state index in [1.165, 1.54) is 0 Å². The summed E-state index contributed by atoms with van der Waals surface area (Å²) in [5.74, 6) is -4.46. The van der Waals surface area contributed by atoms with Crippen molar-refractivity contribution < 1.29 is 40.6 Å². The van der Waals surface area contributed by atoms with Gasteiger partial charge in [0, 0.05) is 17.7 Å². The minimum absolute atomic E-state index is 0.0287. The van der Waals surface area contributed by atoms with Gasteiger partial charge in [0.1, 0.15) is 5.82 Å². The predicted molar refractivity (Wildman–Crippen MR) is 122 cm³/mol. The summed E-state index contributed by atoms with van der Waals surface area (Å²) in [7, 11) is 0. The van der Waals surface area contributed by atoms with Gasteiger partial charge >= 0.3 is 6.36 Å². The molecule has 4 rings (SSSR count). The Labute approximate surface area is 205 Å². The van der Waals surface area contributed by atoms with Crippen LogP contribution in [0.3, 0.4) is 0 Å². The van der Waals surface area contributed by atoms with Crippen molar-refractivity contribution in [2.45, 2.75) is 51.7 Å². The van der Waals surface area contributed by atoms with E-state index in [-0.39, 0.29) is 24.7 Å². The lowest BCUT2D eigenvalue weighted by atomic mass is 9.98. The van der Waals surface area contributed by atoms with E-state index >= 15 is 4.39 Å². The Morgan fingerprint density at radius 1 is 0.861 bits per heavy atom. The molecule has 36 heavy (non-hydrogen) atoms. The van der Waals surface area contributed by atoms with Crippen LogP contribution in [-0.4, -0.2) is 25.9 Å². The molecule has 194 valence electrons. The number of ether oxygens (including phenoxy) is 3. The summed E-state index contributed by atoms with van der Waals surface area (Å²) >= 11 is 0. The molecule has 1 heterocycles. The molecule has 1 aliphatic rings. The van der Waals surface area contributed by atoms with Crippen LogP contribution in [0, 0.1) is 23.4 Å². The maximum absolute atomic E-state index is 15.1. The number of fused-ring (bicyclic) bond motifs is 1. The van der Waals surface area contributed by atoms with Crippen LogP contribution in [0.1, 0.15) is 36.5 Å². The van der Waals surface area contributed by atoms with E-state index in [1.54, 1.807) is 18.2 Å². The third-order valence-corrected chi connectivity index (χ3v) is 6.34. The molecule has 0 radical (unpaired) electrons. The van der Waals surface area contributed by atoms with Crippen LogP contribution in [-0.2, 0) is 28.7 Å². The van der Waals surface area contributed by atoms with E-state index in [0.717, 1.165) is 29.5 Å². The molecule has 3 aromatic rings. The topological polar surface area (TPSA) is 27.7 Å². The molecule has 1 saturated heterocycles. The van der Waals surface area contributed by atoms with Crippen molar-refractivity contribution in [2.75, 3.05) is 13.2 Å². The van der Waals surface area contributed by atoms with Gasteiger partial charge in [-0.3, -0.25) is 0 Å². The van der Waals surface area contributed by atoms with E-state index < -0.39 is 29.6 Å². The van der Waals surface area contributed by atoms with Crippen molar-refractivity contribution in [3.63, 3.8) is 0 Å². The summed E-state index contributed by atoms with van der Waals surface area (Å²) in [6.07, 6.45) is -2.90. The zero-order chi connectivity index (χ0) is 25.9. The molecule has 0 spiro atoms. The Hall–Kier alpha value is -2.78. The van der Waals surface area contributed by atoms with Gasteiger partial charge in [-0.05, 0) is 59.9 Å². The van der Waals surface area contributed by atoms with Crippen LogP contribution in [0.15, 0.2) is 42.5 Å². The fourth-order valence-electron chi connectivity index (χ4n) is 4.25. The monoisotopic (exact) mass is 512 g/mol. The first-order chi connectivity index (χ1) is 17.1. The Kier molecular flexibility index (Phi) is 8.10. The highest BCUT2D eigenvalue weighted by atomic mass is 19.4. The summed E-state index contributed by atoms with van der Waals surface area (Å²) in [6, 6.07) is 10.4. The van der Waals surface area contributed by atoms with Crippen LogP contribution in [0.2, 0.25) is 0 Å². The Balaban J connectivity index is 1.40. The normalized spacial score (nSPS) is 18.5. The minimum Gasteiger partial charge on any atom is -0.399 e. The van der Waals surface area contributed by atoms with E-state index in [1.807, 2.05) is 12.1 Å². The maximum atomic E-state index is 15.1. The quantitative estimate of drug-likeness (QED) is 0.297. The average molecular weight is 512 g/mol. The largest absolute Gasteiger partial charge is 0.573 e. The van der Waals surface area contributed by atoms with Gasteiger partial charge in [-0.15, -0.1) is 13.2 Å². The number of alkyl halides is 3. The molecule has 1 aliphatic heterocycles. The van der Waals surface area contributed by atoms with Crippen molar-refractivity contribution >= 4 is 10.8 Å². The highest BCUT2D eigenvalue weighted by Gasteiger charge is 2.34. The molecule has 0 amide bonds. The smallest absolute Gasteiger partial charge is 0.399 e. The van der Waals surface area contributed by atoms with Gasteiger partial charge in [-0.25, -0.2) is 13.2 Å². The van der Waals surface area contributed by atoms with Gasteiger partial charge in [0.2, 0.25) is 5.75 Å². The van der Waals surface area contributed by atoms with Gasteiger partial charge in [-0.2, -0.15) is 0 Å². The summed E-state index contributed by atoms with van der Waals surface area (Å²) in [5, 5.41) is 1.13. The second kappa shape index (κ2) is 11.1. The summed E-state index contributed by atoms with van der Waals surface area (Å²) < 4.78 is 94.9. The lowest BCUT2D eigenvalue weighted by molar-refractivity contribution is -0.276. The van der Waals surface area contributed by atoms with E-state index in [0.29, 0.717) is 42.9 Å². The molecule has 0 bridgehead atoms. The molecule has 0 aromatic heterocycles. The first kappa shape index (κ1) is 26.3. The van der Waals surface area contributed by atoms with Crippen molar-refractivity contribution in [1.29, 1.82) is 0 Å². The van der Waals surface area contributed by atoms with Gasteiger partial charge in [-0.1, -0.05) is 37.3 Å². The molecule has 0 N–H and O–H groups in total. The Morgan fingerprint density at radius 2 is 1.56 bits per heavy atom. The maximum Gasteiger partial charge on any atom is 0.573 e. The van der Waals surface area contributed by atoms with E-state index in [9.17, 15) is 22.0 Å². The molecule has 0 unspecified atom stereocenters. The second-order valence-corrected chi connectivity index (χ2v) is 8.94. The lowest BCUT2D eigenvalue weighted by Crippen LogP contribution is -2.32. The highest BCUT2D eigenvalue weighted by molar-refractivity contribution is 5.84. The van der Waals surface area contributed by atoms with Gasteiger partial charge in [0.25, 0.3) is 0 Å². The Morgan fingerprint density at radius 3 is 2.19 bits per heavy atom. The number of halogens is 6. The van der Waals surface area contributed by atoms with Crippen LogP contribution in [0.4, 0.5) is 26.3 Å². The summed E-state index contributed by atoms with van der Waals surface area (Å²) in [4.78, 5) is 0. The molecule has 0 atom stereocenters. The lowest BCUT2D eigenvalue weighted by Gasteiger charge is -2.28. The van der Waals surface area contributed by atoms with Gasteiger partial charge in [0.15, 0.2) is 17.9 Å². The zero-order valence-corrected chi connectivity index (χ0v) is 19.6. The molecule has 3 aromatic carbocycles. The summed E-state index contributed by atoms with van der Waals surface area (Å²) in [6.45, 7) is 3.49. The minimum atomic E-state index is -5.22. The predicted octanol–water partition coefficient (Wildman–Crippen LogP) is 7.27. The number of benzene rings is 3. The fourth-order valence-corrected chi connectivity index (χ4v) is 4.25. The number of hydrogen-bond donors (Lipinski definition) is 0. The van der Waals surface area contributed by atoms with Crippen molar-refractivity contribution in [1.82, 2.24) is 0 Å². The molecule has 0 aliphatic carbocycles. The van der Waals surface area contributed by atoms with Gasteiger partial charge < -0.3 is 14.2 Å². The van der Waals surface area contributed by atoms with Crippen LogP contribution < -0.4 is 4.74 Å². The number of hydrogen-bond acceptors (Lipinski definition) is 3. The average Bonchev–Trinajstić information content (AvgIpc) is 2.84. The van der Waals surface area contributed by atoms with Crippen molar-refractivity contribution in [3.05, 3.63) is 76.6 Å². The molecular weight excluding hydrogens is 486 g/mol. The molecule has 3 nitrogen and oxygen atoms in total. The molecule has 1 fully saturated rings. The van der Waals surface area contributed by atoms with Crippen molar-refractivity contribution in [2.24, 2.45) is 5.92 Å². The molecular formula is C27H26F6O3. The fraction of sp³-hybridized carbons (Fsp3) is 0.407.